The van der Waals surface area contributed by atoms with E-state index in [1.54, 1.807) is 36.6 Å². The highest BCUT2D eigenvalue weighted by Gasteiger charge is 2.21. The van der Waals surface area contributed by atoms with E-state index in [1.165, 1.54) is 0 Å². The molecule has 0 spiro atoms. The van der Waals surface area contributed by atoms with Crippen molar-refractivity contribution in [2.75, 3.05) is 11.9 Å². The monoisotopic (exact) mass is 389 g/mol. The zero-order chi connectivity index (χ0) is 19.1. The summed E-state index contributed by atoms with van der Waals surface area (Å²) in [7, 11) is 0. The van der Waals surface area contributed by atoms with Crippen LogP contribution in [0.3, 0.4) is 0 Å². The third-order valence-corrected chi connectivity index (χ3v) is 4.71. The third kappa shape index (κ3) is 5.42. The topological polar surface area (TPSA) is 58.9 Å². The molecule has 3 rings (SSSR count). The van der Waals surface area contributed by atoms with Crippen LogP contribution in [0.2, 0.25) is 0 Å². The van der Waals surface area contributed by atoms with Crippen molar-refractivity contribution in [3.8, 4) is 0 Å². The van der Waals surface area contributed by atoms with Gasteiger partial charge in [0.1, 0.15) is 0 Å². The third-order valence-electron chi connectivity index (χ3n) is 3.92. The average Bonchev–Trinajstić information content (AvgIpc) is 3.18. The van der Waals surface area contributed by atoms with Crippen LogP contribution in [0.25, 0.3) is 0 Å². The minimum atomic E-state index is -2.55. The van der Waals surface area contributed by atoms with Gasteiger partial charge in [0.25, 0.3) is 11.7 Å². The summed E-state index contributed by atoms with van der Waals surface area (Å²) in [6, 6.07) is 19.7. The van der Waals surface area contributed by atoms with E-state index in [0.29, 0.717) is 22.3 Å². The number of nitrogens with two attached hydrogens (primary N) is 1. The lowest BCUT2D eigenvalue weighted by Gasteiger charge is -2.14. The quantitative estimate of drug-likeness (QED) is 0.575. The molecular formula is C20H19F2N2O2S+. The second kappa shape index (κ2) is 9.34. The molecule has 3 aromatic rings. The Morgan fingerprint density at radius 2 is 1.78 bits per heavy atom. The van der Waals surface area contributed by atoms with Gasteiger partial charge in [-0.3, -0.25) is 4.79 Å². The molecule has 4 nitrogen and oxygen atoms in total. The molecule has 1 atom stereocenters. The molecule has 3 N–H and O–H groups in total. The number of carbonyl (C=O) groups excluding carboxylic acids is 1. The first-order chi connectivity index (χ1) is 13.1. The summed E-state index contributed by atoms with van der Waals surface area (Å²) >= 11 is 0.413. The number of anilines is 1. The molecule has 2 aromatic carbocycles. The summed E-state index contributed by atoms with van der Waals surface area (Å²) in [6.45, 7) is 0.119. The van der Waals surface area contributed by atoms with Gasteiger partial charge in [0.15, 0.2) is 18.3 Å². The van der Waals surface area contributed by atoms with Crippen LogP contribution in [0.15, 0.2) is 82.3 Å². The van der Waals surface area contributed by atoms with E-state index in [-0.39, 0.29) is 18.5 Å². The van der Waals surface area contributed by atoms with E-state index in [1.807, 2.05) is 41.7 Å². The first-order valence-electron chi connectivity index (χ1n) is 8.39. The van der Waals surface area contributed by atoms with Crippen molar-refractivity contribution in [2.45, 2.75) is 16.7 Å². The fraction of sp³-hybridized carbons (Fsp3) is 0.150. The number of nitrogens with one attached hydrogen (secondary N) is 1. The van der Waals surface area contributed by atoms with Crippen molar-refractivity contribution in [2.24, 2.45) is 0 Å². The fourth-order valence-electron chi connectivity index (χ4n) is 2.74. The van der Waals surface area contributed by atoms with Crippen LogP contribution in [0.1, 0.15) is 17.4 Å². The Bertz CT molecular complexity index is 857. The van der Waals surface area contributed by atoms with Gasteiger partial charge in [0.2, 0.25) is 0 Å². The maximum atomic E-state index is 12.7. The number of benzene rings is 2. The first-order valence-corrected chi connectivity index (χ1v) is 9.27. The van der Waals surface area contributed by atoms with Gasteiger partial charge < -0.3 is 15.1 Å². The predicted molar refractivity (Wildman–Crippen MR) is 101 cm³/mol. The molecule has 1 amide bonds. The molecule has 0 aliphatic rings. The van der Waals surface area contributed by atoms with Crippen LogP contribution < -0.4 is 10.6 Å². The second-order valence-electron chi connectivity index (χ2n) is 5.77. The zero-order valence-electron chi connectivity index (χ0n) is 14.3. The van der Waals surface area contributed by atoms with Crippen LogP contribution in [-0.4, -0.2) is 18.2 Å². The average molecular weight is 389 g/mol. The van der Waals surface area contributed by atoms with Gasteiger partial charge in [-0.05, 0) is 24.3 Å². The molecule has 140 valence electrons. The lowest BCUT2D eigenvalue weighted by atomic mass is 10.0. The van der Waals surface area contributed by atoms with Crippen molar-refractivity contribution in [3.05, 3.63) is 84.3 Å². The molecule has 0 radical (unpaired) electrons. The van der Waals surface area contributed by atoms with Crippen molar-refractivity contribution in [1.82, 2.24) is 0 Å². The van der Waals surface area contributed by atoms with Crippen LogP contribution in [0.5, 0.6) is 0 Å². The molecule has 1 aromatic heterocycles. The van der Waals surface area contributed by atoms with Gasteiger partial charge >= 0.3 is 0 Å². The maximum Gasteiger partial charge on any atom is 0.288 e. The molecule has 0 unspecified atom stereocenters. The fourth-order valence-corrected chi connectivity index (χ4v) is 3.34. The lowest BCUT2D eigenvalue weighted by molar-refractivity contribution is -0.678. The molecule has 1 heterocycles. The highest BCUT2D eigenvalue weighted by Crippen LogP contribution is 2.31. The Labute approximate surface area is 160 Å². The number of furan rings is 1. The highest BCUT2D eigenvalue weighted by molar-refractivity contribution is 7.99. The molecule has 0 fully saturated rings. The van der Waals surface area contributed by atoms with Crippen LogP contribution in [-0.2, 0) is 4.79 Å². The van der Waals surface area contributed by atoms with Gasteiger partial charge in [-0.15, -0.1) is 0 Å². The Morgan fingerprint density at radius 1 is 1.04 bits per heavy atom. The number of alkyl halides is 2. The van der Waals surface area contributed by atoms with Gasteiger partial charge in [-0.2, -0.15) is 8.78 Å². The Kier molecular flexibility index (Phi) is 6.62. The number of hydrogen-bond acceptors (Lipinski definition) is 3. The highest BCUT2D eigenvalue weighted by atomic mass is 32.2. The van der Waals surface area contributed by atoms with E-state index in [4.69, 9.17) is 4.42 Å². The Morgan fingerprint density at radius 3 is 2.48 bits per heavy atom. The van der Waals surface area contributed by atoms with Crippen molar-refractivity contribution in [3.63, 3.8) is 0 Å². The van der Waals surface area contributed by atoms with E-state index < -0.39 is 5.76 Å². The second-order valence-corrected chi connectivity index (χ2v) is 6.80. The molecule has 0 aliphatic heterocycles. The van der Waals surface area contributed by atoms with Gasteiger partial charge in [0.05, 0.1) is 12.0 Å². The number of para-hydroxylation sites is 1. The van der Waals surface area contributed by atoms with E-state index in [9.17, 15) is 13.6 Å². The summed E-state index contributed by atoms with van der Waals surface area (Å²) in [5.41, 5.74) is 1.39. The van der Waals surface area contributed by atoms with Crippen LogP contribution in [0, 0.1) is 0 Å². The SMILES string of the molecule is O=C(C[NH2+][C@H](c1ccccc1)c1ccco1)Nc1ccccc1SC(F)F. The molecular weight excluding hydrogens is 370 g/mol. The summed E-state index contributed by atoms with van der Waals surface area (Å²) in [5, 5.41) is 4.57. The molecule has 0 saturated carbocycles. The standard InChI is InChI=1S/C20H18F2N2O2S/c21-20(22)27-17-11-5-4-9-15(17)24-18(25)13-23-19(16-10-6-12-26-16)14-7-2-1-3-8-14/h1-12,19-20,23H,13H2,(H,24,25)/p+1/t19-/m1/s1. The van der Waals surface area contributed by atoms with E-state index in [2.05, 4.69) is 5.32 Å². The smallest absolute Gasteiger partial charge is 0.288 e. The molecule has 27 heavy (non-hydrogen) atoms. The maximum absolute atomic E-state index is 12.7. The largest absolute Gasteiger partial charge is 0.463 e. The summed E-state index contributed by atoms with van der Waals surface area (Å²) < 4.78 is 30.9. The lowest BCUT2D eigenvalue weighted by Crippen LogP contribution is -2.87. The molecule has 7 heteroatoms. The normalized spacial score (nSPS) is 12.1. The Hall–Kier alpha value is -2.64. The summed E-state index contributed by atoms with van der Waals surface area (Å²) in [6.07, 6.45) is 1.59. The number of carbonyl (C=O) groups is 1. The number of amides is 1. The summed E-state index contributed by atoms with van der Waals surface area (Å²) in [4.78, 5) is 12.7. The Balaban J connectivity index is 1.67. The minimum Gasteiger partial charge on any atom is -0.463 e. The van der Waals surface area contributed by atoms with Crippen LogP contribution in [0.4, 0.5) is 14.5 Å². The van der Waals surface area contributed by atoms with Crippen molar-refractivity contribution < 1.29 is 23.3 Å². The summed E-state index contributed by atoms with van der Waals surface area (Å²) in [5.74, 6) is -2.08. The predicted octanol–water partition coefficient (Wildman–Crippen LogP) is 3.89. The number of quaternary nitrogens is 1. The van der Waals surface area contributed by atoms with Gasteiger partial charge in [0, 0.05) is 10.5 Å². The minimum absolute atomic E-state index is 0.119. The zero-order valence-corrected chi connectivity index (χ0v) is 15.2. The number of rotatable bonds is 8. The molecule has 0 bridgehead atoms. The van der Waals surface area contributed by atoms with E-state index >= 15 is 0 Å². The van der Waals surface area contributed by atoms with Crippen molar-refractivity contribution >= 4 is 23.4 Å². The number of halogens is 2. The van der Waals surface area contributed by atoms with Gasteiger partial charge in [-0.25, -0.2) is 0 Å². The molecule has 0 saturated heterocycles. The molecule has 0 aliphatic carbocycles. The number of hydrogen-bond donors (Lipinski definition) is 2. The first kappa shape index (κ1) is 19.1. The van der Waals surface area contributed by atoms with E-state index in [0.717, 1.165) is 11.3 Å². The number of thioether (sulfide) groups is 1. The van der Waals surface area contributed by atoms with Crippen LogP contribution >= 0.6 is 11.8 Å². The van der Waals surface area contributed by atoms with Gasteiger partial charge in [-0.1, -0.05) is 54.2 Å². The van der Waals surface area contributed by atoms with Crippen molar-refractivity contribution in [1.29, 1.82) is 0 Å².